The summed E-state index contributed by atoms with van der Waals surface area (Å²) < 4.78 is 2.44. The Morgan fingerprint density at radius 2 is 2.11 bits per heavy atom. The van der Waals surface area contributed by atoms with E-state index in [4.69, 9.17) is 5.73 Å². The van der Waals surface area contributed by atoms with Crippen molar-refractivity contribution in [2.75, 3.05) is 31.1 Å². The van der Waals surface area contributed by atoms with Crippen molar-refractivity contribution in [1.82, 2.24) is 9.47 Å². The smallest absolute Gasteiger partial charge is 0.0350 e. The molecule has 1 aromatic rings. The SMILES string of the molecule is NC1CCCc2c1ccn2CCN1CCSCC1. The number of thioether (sulfide) groups is 1. The standard InChI is InChI=1S/C14H23N3S/c15-13-2-1-3-14-12(13)4-5-17(14)7-6-16-8-10-18-11-9-16/h4-5,13H,1-3,6-11,15H2. The summed E-state index contributed by atoms with van der Waals surface area (Å²) in [7, 11) is 0. The zero-order valence-corrected chi connectivity index (χ0v) is 11.8. The molecule has 1 saturated heterocycles. The maximum atomic E-state index is 6.17. The zero-order chi connectivity index (χ0) is 12.4. The highest BCUT2D eigenvalue weighted by molar-refractivity contribution is 7.99. The summed E-state index contributed by atoms with van der Waals surface area (Å²) >= 11 is 2.08. The number of nitrogens with zero attached hydrogens (tertiary/aromatic N) is 2. The first-order valence-electron chi connectivity index (χ1n) is 7.08. The molecule has 1 aromatic heterocycles. The fourth-order valence-corrected chi connectivity index (χ4v) is 4.05. The quantitative estimate of drug-likeness (QED) is 0.906. The monoisotopic (exact) mass is 265 g/mol. The van der Waals surface area contributed by atoms with Crippen molar-refractivity contribution in [2.45, 2.75) is 31.8 Å². The molecule has 1 aliphatic heterocycles. The minimum atomic E-state index is 0.279. The van der Waals surface area contributed by atoms with Crippen molar-refractivity contribution in [1.29, 1.82) is 0 Å². The summed E-state index contributed by atoms with van der Waals surface area (Å²) in [6.07, 6.45) is 5.86. The number of rotatable bonds is 3. The predicted molar refractivity (Wildman–Crippen MR) is 78.1 cm³/mol. The Kier molecular flexibility index (Phi) is 3.97. The van der Waals surface area contributed by atoms with Gasteiger partial charge in [-0.1, -0.05) is 0 Å². The molecule has 3 nitrogen and oxygen atoms in total. The second-order valence-corrected chi connectivity index (χ2v) is 6.59. The fraction of sp³-hybridized carbons (Fsp3) is 0.714. The van der Waals surface area contributed by atoms with Crippen LogP contribution in [0.25, 0.3) is 0 Å². The minimum absolute atomic E-state index is 0.279. The molecule has 0 spiro atoms. The van der Waals surface area contributed by atoms with Crippen LogP contribution in [0.5, 0.6) is 0 Å². The Balaban J connectivity index is 1.62. The topological polar surface area (TPSA) is 34.2 Å². The maximum absolute atomic E-state index is 6.17. The van der Waals surface area contributed by atoms with E-state index in [1.807, 2.05) is 0 Å². The lowest BCUT2D eigenvalue weighted by molar-refractivity contribution is 0.287. The van der Waals surface area contributed by atoms with Crippen LogP contribution in [0, 0.1) is 0 Å². The van der Waals surface area contributed by atoms with E-state index in [-0.39, 0.29) is 6.04 Å². The third-order valence-electron chi connectivity index (χ3n) is 4.20. The van der Waals surface area contributed by atoms with Crippen molar-refractivity contribution < 1.29 is 0 Å². The van der Waals surface area contributed by atoms with Gasteiger partial charge in [-0.15, -0.1) is 0 Å². The summed E-state index contributed by atoms with van der Waals surface area (Å²) in [5.74, 6) is 2.60. The van der Waals surface area contributed by atoms with Gasteiger partial charge in [0.1, 0.15) is 0 Å². The third kappa shape index (κ3) is 2.60. The van der Waals surface area contributed by atoms with Crippen molar-refractivity contribution in [3.63, 3.8) is 0 Å². The minimum Gasteiger partial charge on any atom is -0.350 e. The molecule has 2 N–H and O–H groups in total. The normalized spacial score (nSPS) is 25.1. The Hall–Kier alpha value is -0.450. The molecule has 2 aliphatic rings. The molecule has 4 heteroatoms. The van der Waals surface area contributed by atoms with E-state index in [1.165, 1.54) is 55.2 Å². The second-order valence-electron chi connectivity index (χ2n) is 5.36. The Morgan fingerprint density at radius 3 is 2.94 bits per heavy atom. The number of nitrogens with two attached hydrogens (primary N) is 1. The van der Waals surface area contributed by atoms with E-state index in [0.29, 0.717) is 0 Å². The summed E-state index contributed by atoms with van der Waals surface area (Å²) in [6.45, 7) is 4.84. The number of fused-ring (bicyclic) bond motifs is 1. The van der Waals surface area contributed by atoms with Gasteiger partial charge in [-0.3, -0.25) is 4.90 Å². The Bertz CT molecular complexity index is 396. The first kappa shape index (κ1) is 12.6. The van der Waals surface area contributed by atoms with Gasteiger partial charge in [-0.2, -0.15) is 11.8 Å². The van der Waals surface area contributed by atoms with Gasteiger partial charge in [0.15, 0.2) is 0 Å². The second kappa shape index (κ2) is 5.68. The molecule has 0 amide bonds. The lowest BCUT2D eigenvalue weighted by atomic mass is 9.94. The highest BCUT2D eigenvalue weighted by Crippen LogP contribution is 2.28. The lowest BCUT2D eigenvalue weighted by Gasteiger charge is -2.27. The Labute approximate surface area is 114 Å². The van der Waals surface area contributed by atoms with Gasteiger partial charge in [-0.25, -0.2) is 0 Å². The molecule has 2 heterocycles. The summed E-state index contributed by atoms with van der Waals surface area (Å²) in [5.41, 5.74) is 9.07. The van der Waals surface area contributed by atoms with Gasteiger partial charge in [0.2, 0.25) is 0 Å². The first-order chi connectivity index (χ1) is 8.84. The molecule has 0 aromatic carbocycles. The van der Waals surface area contributed by atoms with Crippen molar-refractivity contribution in [2.24, 2.45) is 5.73 Å². The summed E-state index contributed by atoms with van der Waals surface area (Å²) in [6, 6.07) is 2.52. The molecule has 0 saturated carbocycles. The molecule has 0 radical (unpaired) electrons. The molecular weight excluding hydrogens is 242 g/mol. The fourth-order valence-electron chi connectivity index (χ4n) is 3.08. The van der Waals surface area contributed by atoms with Crippen LogP contribution in [0.1, 0.15) is 30.1 Å². The molecule has 1 fully saturated rings. The van der Waals surface area contributed by atoms with Crippen molar-refractivity contribution in [3.8, 4) is 0 Å². The molecule has 18 heavy (non-hydrogen) atoms. The number of aromatic nitrogens is 1. The Morgan fingerprint density at radius 1 is 1.28 bits per heavy atom. The van der Waals surface area contributed by atoms with Crippen LogP contribution in [-0.2, 0) is 13.0 Å². The van der Waals surface area contributed by atoms with Crippen LogP contribution in [0.2, 0.25) is 0 Å². The van der Waals surface area contributed by atoms with Crippen molar-refractivity contribution in [3.05, 3.63) is 23.5 Å². The highest BCUT2D eigenvalue weighted by atomic mass is 32.2. The molecule has 1 unspecified atom stereocenters. The van der Waals surface area contributed by atoms with E-state index in [0.717, 1.165) is 13.0 Å². The number of hydrogen-bond donors (Lipinski definition) is 1. The third-order valence-corrected chi connectivity index (χ3v) is 5.15. The summed E-state index contributed by atoms with van der Waals surface area (Å²) in [5, 5.41) is 0. The van der Waals surface area contributed by atoms with E-state index in [9.17, 15) is 0 Å². The maximum Gasteiger partial charge on any atom is 0.0350 e. The van der Waals surface area contributed by atoms with Gasteiger partial charge in [-0.05, 0) is 30.9 Å². The van der Waals surface area contributed by atoms with Crippen LogP contribution in [0.15, 0.2) is 12.3 Å². The molecule has 1 atom stereocenters. The average Bonchev–Trinajstić information content (AvgIpc) is 2.82. The van der Waals surface area contributed by atoms with Crippen molar-refractivity contribution >= 4 is 11.8 Å². The van der Waals surface area contributed by atoms with Gasteiger partial charge in [0.25, 0.3) is 0 Å². The van der Waals surface area contributed by atoms with Crippen LogP contribution in [0.3, 0.4) is 0 Å². The van der Waals surface area contributed by atoms with E-state index < -0.39 is 0 Å². The van der Waals surface area contributed by atoms with Gasteiger partial charge < -0.3 is 10.3 Å². The highest BCUT2D eigenvalue weighted by Gasteiger charge is 2.20. The predicted octanol–water partition coefficient (Wildman–Crippen LogP) is 1.87. The van der Waals surface area contributed by atoms with Crippen LogP contribution in [0.4, 0.5) is 0 Å². The molecule has 3 rings (SSSR count). The van der Waals surface area contributed by atoms with Crippen LogP contribution in [-0.4, -0.2) is 40.6 Å². The number of hydrogen-bond acceptors (Lipinski definition) is 3. The first-order valence-corrected chi connectivity index (χ1v) is 8.23. The lowest BCUT2D eigenvalue weighted by Crippen LogP contribution is -2.35. The van der Waals surface area contributed by atoms with E-state index in [1.54, 1.807) is 0 Å². The molecule has 100 valence electrons. The van der Waals surface area contributed by atoms with E-state index >= 15 is 0 Å². The molecule has 0 bridgehead atoms. The molecular formula is C14H23N3S. The van der Waals surface area contributed by atoms with Gasteiger partial charge >= 0.3 is 0 Å². The average molecular weight is 265 g/mol. The van der Waals surface area contributed by atoms with Gasteiger partial charge in [0.05, 0.1) is 0 Å². The molecule has 1 aliphatic carbocycles. The van der Waals surface area contributed by atoms with Crippen LogP contribution < -0.4 is 5.73 Å². The van der Waals surface area contributed by atoms with Crippen LogP contribution >= 0.6 is 11.8 Å². The van der Waals surface area contributed by atoms with Gasteiger partial charge in [0, 0.05) is 55.6 Å². The zero-order valence-electron chi connectivity index (χ0n) is 11.0. The summed E-state index contributed by atoms with van der Waals surface area (Å²) in [4.78, 5) is 2.59. The largest absolute Gasteiger partial charge is 0.350 e. The van der Waals surface area contributed by atoms with E-state index in [2.05, 4.69) is 33.5 Å².